The zero-order chi connectivity index (χ0) is 21.6. The number of aliphatic hydroxyl groups is 1. The first-order valence-corrected chi connectivity index (χ1v) is 10.3. The summed E-state index contributed by atoms with van der Waals surface area (Å²) < 4.78 is 5.83. The largest absolute Gasteiger partial charge is 0.457 e. The van der Waals surface area contributed by atoms with Gasteiger partial charge in [0.25, 0.3) is 0 Å². The maximum atomic E-state index is 9.11. The second-order valence-electron chi connectivity index (χ2n) is 7.38. The third-order valence-corrected chi connectivity index (χ3v) is 5.03. The molecule has 2 aromatic carbocycles. The molecular formula is C22H27N7O2. The summed E-state index contributed by atoms with van der Waals surface area (Å²) in [6, 6.07) is 14.9. The van der Waals surface area contributed by atoms with Crippen molar-refractivity contribution in [2.75, 3.05) is 55.3 Å². The quantitative estimate of drug-likeness (QED) is 0.495. The van der Waals surface area contributed by atoms with Gasteiger partial charge in [0.05, 0.1) is 6.61 Å². The van der Waals surface area contributed by atoms with Gasteiger partial charge in [0.1, 0.15) is 17.3 Å². The van der Waals surface area contributed by atoms with Crippen molar-refractivity contribution < 1.29 is 9.84 Å². The summed E-state index contributed by atoms with van der Waals surface area (Å²) in [5.74, 6) is 3.29. The van der Waals surface area contributed by atoms with Crippen LogP contribution in [0.2, 0.25) is 0 Å². The van der Waals surface area contributed by atoms with Gasteiger partial charge in [-0.05, 0) is 55.5 Å². The normalized spacial score (nSPS) is 14.5. The van der Waals surface area contributed by atoms with Crippen LogP contribution in [0.3, 0.4) is 0 Å². The summed E-state index contributed by atoms with van der Waals surface area (Å²) in [7, 11) is 0. The van der Waals surface area contributed by atoms with E-state index in [0.717, 1.165) is 43.4 Å². The number of benzene rings is 2. The van der Waals surface area contributed by atoms with Crippen LogP contribution in [-0.4, -0.2) is 64.3 Å². The van der Waals surface area contributed by atoms with E-state index < -0.39 is 0 Å². The number of aliphatic hydroxyl groups excluding tert-OH is 1. The molecule has 4 N–H and O–H groups in total. The molecule has 1 saturated heterocycles. The SMILES string of the molecule is Cc1nc(Nc2ccc(Oc3ccc(N)cc3)cc2)nc(N2CCN(CCO)CC2)n1. The van der Waals surface area contributed by atoms with Crippen molar-refractivity contribution in [2.24, 2.45) is 0 Å². The van der Waals surface area contributed by atoms with E-state index in [2.05, 4.69) is 30.1 Å². The van der Waals surface area contributed by atoms with Crippen molar-refractivity contribution in [3.63, 3.8) is 0 Å². The molecule has 31 heavy (non-hydrogen) atoms. The summed E-state index contributed by atoms with van der Waals surface area (Å²) >= 11 is 0. The molecule has 3 aromatic rings. The maximum absolute atomic E-state index is 9.11. The van der Waals surface area contributed by atoms with Crippen molar-refractivity contribution in [1.82, 2.24) is 19.9 Å². The van der Waals surface area contributed by atoms with Gasteiger partial charge in [-0.25, -0.2) is 0 Å². The predicted molar refractivity (Wildman–Crippen MR) is 121 cm³/mol. The molecule has 0 bridgehead atoms. The van der Waals surface area contributed by atoms with Gasteiger partial charge < -0.3 is 25.8 Å². The van der Waals surface area contributed by atoms with Crippen LogP contribution in [0, 0.1) is 6.92 Å². The lowest BCUT2D eigenvalue weighted by atomic mass is 10.3. The molecular weight excluding hydrogens is 394 g/mol. The van der Waals surface area contributed by atoms with Crippen molar-refractivity contribution in [3.8, 4) is 11.5 Å². The lowest BCUT2D eigenvalue weighted by Gasteiger charge is -2.34. The Morgan fingerprint density at radius 2 is 1.58 bits per heavy atom. The van der Waals surface area contributed by atoms with Crippen LogP contribution in [0.1, 0.15) is 5.82 Å². The Morgan fingerprint density at radius 3 is 2.23 bits per heavy atom. The second-order valence-corrected chi connectivity index (χ2v) is 7.38. The van der Waals surface area contributed by atoms with E-state index in [9.17, 15) is 0 Å². The molecule has 0 spiro atoms. The molecule has 1 aromatic heterocycles. The number of ether oxygens (including phenoxy) is 1. The Kier molecular flexibility index (Phi) is 6.44. The van der Waals surface area contributed by atoms with Gasteiger partial charge in [-0.2, -0.15) is 15.0 Å². The standard InChI is InChI=1S/C22H27N7O2/c1-16-24-21(27-22(25-16)29-12-10-28(11-13-29)14-15-30)26-18-4-8-20(9-5-18)31-19-6-2-17(23)3-7-19/h2-9,30H,10-15,23H2,1H3,(H,24,25,26,27). The van der Waals surface area contributed by atoms with Crippen LogP contribution < -0.4 is 20.7 Å². The number of hydrogen-bond donors (Lipinski definition) is 3. The highest BCUT2D eigenvalue weighted by Gasteiger charge is 2.19. The third-order valence-electron chi connectivity index (χ3n) is 5.03. The molecule has 1 aliphatic heterocycles. The minimum absolute atomic E-state index is 0.183. The molecule has 9 heteroatoms. The number of rotatable bonds is 7. The molecule has 0 radical (unpaired) electrons. The van der Waals surface area contributed by atoms with Crippen LogP contribution in [-0.2, 0) is 0 Å². The Morgan fingerprint density at radius 1 is 0.935 bits per heavy atom. The van der Waals surface area contributed by atoms with Crippen molar-refractivity contribution in [1.29, 1.82) is 0 Å². The van der Waals surface area contributed by atoms with Gasteiger partial charge in [0, 0.05) is 44.1 Å². The lowest BCUT2D eigenvalue weighted by molar-refractivity contribution is 0.188. The number of anilines is 4. The summed E-state index contributed by atoms with van der Waals surface area (Å²) in [6.07, 6.45) is 0. The first-order valence-electron chi connectivity index (χ1n) is 10.3. The first-order chi connectivity index (χ1) is 15.1. The topological polar surface area (TPSA) is 113 Å². The first kappa shape index (κ1) is 20.8. The Hall–Kier alpha value is -3.43. The summed E-state index contributed by atoms with van der Waals surface area (Å²) in [5.41, 5.74) is 7.26. The minimum atomic E-state index is 0.183. The summed E-state index contributed by atoms with van der Waals surface area (Å²) in [4.78, 5) is 17.9. The van der Waals surface area contributed by atoms with E-state index in [1.54, 1.807) is 12.1 Å². The average molecular weight is 422 g/mol. The predicted octanol–water partition coefficient (Wildman–Crippen LogP) is 2.41. The molecule has 4 rings (SSSR count). The number of nitrogens with two attached hydrogens (primary N) is 1. The van der Waals surface area contributed by atoms with E-state index in [0.29, 0.717) is 30.0 Å². The van der Waals surface area contributed by atoms with Gasteiger partial charge in [0.15, 0.2) is 0 Å². The Labute approximate surface area is 181 Å². The van der Waals surface area contributed by atoms with E-state index in [4.69, 9.17) is 15.6 Å². The fourth-order valence-electron chi connectivity index (χ4n) is 3.39. The third kappa shape index (κ3) is 5.59. The molecule has 1 fully saturated rings. The summed E-state index contributed by atoms with van der Waals surface area (Å²) in [5, 5.41) is 12.4. The molecule has 2 heterocycles. The van der Waals surface area contributed by atoms with E-state index in [1.165, 1.54) is 0 Å². The molecule has 0 saturated carbocycles. The van der Waals surface area contributed by atoms with Crippen LogP contribution in [0.4, 0.5) is 23.3 Å². The molecule has 0 amide bonds. The minimum Gasteiger partial charge on any atom is -0.457 e. The zero-order valence-corrected chi connectivity index (χ0v) is 17.5. The van der Waals surface area contributed by atoms with E-state index >= 15 is 0 Å². The molecule has 1 aliphatic rings. The zero-order valence-electron chi connectivity index (χ0n) is 17.5. The Bertz CT molecular complexity index is 988. The number of aryl methyl sites for hydroxylation is 1. The highest BCUT2D eigenvalue weighted by atomic mass is 16.5. The molecule has 9 nitrogen and oxygen atoms in total. The number of nitrogen functional groups attached to an aromatic ring is 1. The molecule has 0 aliphatic carbocycles. The Balaban J connectivity index is 1.40. The highest BCUT2D eigenvalue weighted by Crippen LogP contribution is 2.25. The van der Waals surface area contributed by atoms with Crippen LogP contribution in [0.25, 0.3) is 0 Å². The summed E-state index contributed by atoms with van der Waals surface area (Å²) in [6.45, 7) is 6.15. The van der Waals surface area contributed by atoms with Crippen LogP contribution in [0.15, 0.2) is 48.5 Å². The van der Waals surface area contributed by atoms with Gasteiger partial charge in [-0.1, -0.05) is 0 Å². The number of hydrogen-bond acceptors (Lipinski definition) is 9. The maximum Gasteiger partial charge on any atom is 0.232 e. The van der Waals surface area contributed by atoms with Crippen molar-refractivity contribution in [2.45, 2.75) is 6.92 Å². The van der Waals surface area contributed by atoms with Crippen LogP contribution in [0.5, 0.6) is 11.5 Å². The van der Waals surface area contributed by atoms with Gasteiger partial charge in [-0.3, -0.25) is 4.90 Å². The van der Waals surface area contributed by atoms with Gasteiger partial charge in [-0.15, -0.1) is 0 Å². The number of piperazine rings is 1. The van der Waals surface area contributed by atoms with Gasteiger partial charge >= 0.3 is 0 Å². The number of nitrogens with zero attached hydrogens (tertiary/aromatic N) is 5. The fraction of sp³-hybridized carbons (Fsp3) is 0.318. The average Bonchev–Trinajstić information content (AvgIpc) is 2.77. The molecule has 0 atom stereocenters. The number of nitrogens with one attached hydrogen (secondary N) is 1. The smallest absolute Gasteiger partial charge is 0.232 e. The van der Waals surface area contributed by atoms with E-state index in [-0.39, 0.29) is 6.61 Å². The molecule has 162 valence electrons. The van der Waals surface area contributed by atoms with Crippen LogP contribution >= 0.6 is 0 Å². The van der Waals surface area contributed by atoms with Crippen molar-refractivity contribution >= 4 is 23.3 Å². The highest BCUT2D eigenvalue weighted by molar-refractivity contribution is 5.56. The lowest BCUT2D eigenvalue weighted by Crippen LogP contribution is -2.47. The van der Waals surface area contributed by atoms with E-state index in [1.807, 2.05) is 43.3 Å². The van der Waals surface area contributed by atoms with Gasteiger partial charge in [0.2, 0.25) is 11.9 Å². The second kappa shape index (κ2) is 9.59. The molecule has 0 unspecified atom stereocenters. The monoisotopic (exact) mass is 421 g/mol. The number of aromatic nitrogens is 3. The fourth-order valence-corrected chi connectivity index (χ4v) is 3.39. The van der Waals surface area contributed by atoms with Crippen molar-refractivity contribution in [3.05, 3.63) is 54.4 Å². The number of β-amino-alcohol motifs (C(OH)–C–C–N with tert-alkyl or cyclic N) is 1.